The Balaban J connectivity index is 2.58. The summed E-state index contributed by atoms with van der Waals surface area (Å²) >= 11 is 0. The smallest absolute Gasteiger partial charge is 0.304 e. The summed E-state index contributed by atoms with van der Waals surface area (Å²) in [6.45, 7) is 3.58. The molecule has 0 spiro atoms. The molecule has 20 heavy (non-hydrogen) atoms. The zero-order valence-corrected chi connectivity index (χ0v) is 11.9. The zero-order valence-electron chi connectivity index (χ0n) is 11.9. The minimum atomic E-state index is -0.780. The van der Waals surface area contributed by atoms with E-state index in [1.165, 1.54) is 12.1 Å². The summed E-state index contributed by atoms with van der Waals surface area (Å²) in [5.41, 5.74) is 0.277. The first-order chi connectivity index (χ1) is 9.58. The van der Waals surface area contributed by atoms with Crippen LogP contribution in [0, 0.1) is 15.9 Å². The van der Waals surface area contributed by atoms with Crippen LogP contribution >= 0.6 is 0 Å². The molecule has 112 valence electrons. The third kappa shape index (κ3) is 5.22. The molecule has 0 saturated carbocycles. The van der Waals surface area contributed by atoms with Gasteiger partial charge in [-0.1, -0.05) is 13.0 Å². The topological polar surface area (TPSA) is 64.4 Å². The van der Waals surface area contributed by atoms with E-state index in [-0.39, 0.29) is 6.04 Å². The van der Waals surface area contributed by atoms with Crippen LogP contribution in [-0.2, 0) is 11.2 Å². The third-order valence-corrected chi connectivity index (χ3v) is 3.04. The van der Waals surface area contributed by atoms with Gasteiger partial charge in [0.25, 0.3) is 0 Å². The van der Waals surface area contributed by atoms with Crippen LogP contribution in [0.1, 0.15) is 25.3 Å². The van der Waals surface area contributed by atoms with Crippen molar-refractivity contribution in [3.05, 3.63) is 39.7 Å². The lowest BCUT2D eigenvalue weighted by molar-refractivity contribution is -0.387. The summed E-state index contributed by atoms with van der Waals surface area (Å²) in [5, 5.41) is 13.9. The first-order valence-electron chi connectivity index (χ1n) is 6.73. The summed E-state index contributed by atoms with van der Waals surface area (Å²) in [4.78, 5) is 9.83. The second-order valence-electron chi connectivity index (χ2n) is 4.69. The molecule has 6 heteroatoms. The van der Waals surface area contributed by atoms with Gasteiger partial charge in [0.2, 0.25) is 5.82 Å². The quantitative estimate of drug-likeness (QED) is 0.559. The molecule has 0 aliphatic rings. The number of nitro benzene ring substituents is 1. The maximum absolute atomic E-state index is 13.5. The van der Waals surface area contributed by atoms with Gasteiger partial charge in [0.05, 0.1) is 11.5 Å². The standard InChI is InChI=1S/C14H21FN2O3/c1-3-8-16-12(10-20-2)6-4-11-5-7-14(17(18)19)13(15)9-11/h5,7,9,12,16H,3-4,6,8,10H2,1-2H3. The number of halogens is 1. The van der Waals surface area contributed by atoms with E-state index in [9.17, 15) is 14.5 Å². The number of rotatable bonds is 9. The average Bonchev–Trinajstić information content (AvgIpc) is 2.41. The van der Waals surface area contributed by atoms with Crippen LogP contribution in [-0.4, -0.2) is 31.2 Å². The fourth-order valence-corrected chi connectivity index (χ4v) is 1.99. The predicted octanol–water partition coefficient (Wildman–Crippen LogP) is 2.68. The summed E-state index contributed by atoms with van der Waals surface area (Å²) in [6, 6.07) is 4.26. The van der Waals surface area contributed by atoms with Gasteiger partial charge in [-0.3, -0.25) is 10.1 Å². The molecule has 1 aromatic rings. The van der Waals surface area contributed by atoms with Crippen LogP contribution in [0.25, 0.3) is 0 Å². The molecular formula is C14H21FN2O3. The van der Waals surface area contributed by atoms with Gasteiger partial charge >= 0.3 is 5.69 Å². The first-order valence-corrected chi connectivity index (χ1v) is 6.73. The largest absolute Gasteiger partial charge is 0.383 e. The lowest BCUT2D eigenvalue weighted by Crippen LogP contribution is -2.34. The highest BCUT2D eigenvalue weighted by molar-refractivity contribution is 5.35. The molecule has 1 unspecified atom stereocenters. The molecule has 0 bridgehead atoms. The lowest BCUT2D eigenvalue weighted by Gasteiger charge is -2.17. The van der Waals surface area contributed by atoms with Crippen LogP contribution in [0.5, 0.6) is 0 Å². The number of benzene rings is 1. The van der Waals surface area contributed by atoms with Gasteiger partial charge < -0.3 is 10.1 Å². The number of methoxy groups -OCH3 is 1. The van der Waals surface area contributed by atoms with Crippen LogP contribution in [0.4, 0.5) is 10.1 Å². The molecule has 0 fully saturated rings. The maximum Gasteiger partial charge on any atom is 0.304 e. The van der Waals surface area contributed by atoms with E-state index in [1.54, 1.807) is 13.2 Å². The lowest BCUT2D eigenvalue weighted by atomic mass is 10.0. The monoisotopic (exact) mass is 284 g/mol. The van der Waals surface area contributed by atoms with Gasteiger partial charge in [0.1, 0.15) is 0 Å². The Labute approximate surface area is 118 Å². The van der Waals surface area contributed by atoms with Crippen LogP contribution in [0.3, 0.4) is 0 Å². The molecule has 0 amide bonds. The molecule has 5 nitrogen and oxygen atoms in total. The van der Waals surface area contributed by atoms with Crippen LogP contribution in [0.2, 0.25) is 0 Å². The molecule has 1 atom stereocenters. The Morgan fingerprint density at radius 3 is 2.80 bits per heavy atom. The highest BCUT2D eigenvalue weighted by Gasteiger charge is 2.14. The fraction of sp³-hybridized carbons (Fsp3) is 0.571. The second-order valence-corrected chi connectivity index (χ2v) is 4.69. The Morgan fingerprint density at radius 2 is 2.25 bits per heavy atom. The van der Waals surface area contributed by atoms with Crippen LogP contribution < -0.4 is 5.32 Å². The van der Waals surface area contributed by atoms with Crippen molar-refractivity contribution in [2.45, 2.75) is 32.2 Å². The summed E-state index contributed by atoms with van der Waals surface area (Å²) in [7, 11) is 1.65. The van der Waals surface area contributed by atoms with Gasteiger partial charge in [-0.15, -0.1) is 0 Å². The van der Waals surface area contributed by atoms with Crippen molar-refractivity contribution >= 4 is 5.69 Å². The Morgan fingerprint density at radius 1 is 1.50 bits per heavy atom. The summed E-state index contributed by atoms with van der Waals surface area (Å²) < 4.78 is 18.6. The number of hydrogen-bond donors (Lipinski definition) is 1. The van der Waals surface area contributed by atoms with Gasteiger partial charge in [0, 0.05) is 19.2 Å². The molecule has 1 N–H and O–H groups in total. The molecular weight excluding hydrogens is 263 g/mol. The summed E-state index contributed by atoms with van der Waals surface area (Å²) in [5.74, 6) is -0.780. The van der Waals surface area contributed by atoms with E-state index in [2.05, 4.69) is 12.2 Å². The molecule has 1 aromatic carbocycles. The maximum atomic E-state index is 13.5. The van der Waals surface area contributed by atoms with E-state index in [0.29, 0.717) is 13.0 Å². The van der Waals surface area contributed by atoms with Gasteiger partial charge in [-0.25, -0.2) is 0 Å². The van der Waals surface area contributed by atoms with E-state index in [1.807, 2.05) is 0 Å². The van der Waals surface area contributed by atoms with Crippen molar-refractivity contribution in [1.82, 2.24) is 5.32 Å². The molecule has 0 radical (unpaired) electrons. The van der Waals surface area contributed by atoms with Gasteiger partial charge in [-0.2, -0.15) is 4.39 Å². The Kier molecular flexibility index (Phi) is 7.11. The van der Waals surface area contributed by atoms with Crippen molar-refractivity contribution in [3.63, 3.8) is 0 Å². The molecule has 1 rings (SSSR count). The predicted molar refractivity (Wildman–Crippen MR) is 75.3 cm³/mol. The van der Waals surface area contributed by atoms with Crippen molar-refractivity contribution in [2.24, 2.45) is 0 Å². The SMILES string of the molecule is CCCNC(CCc1ccc([N+](=O)[O-])c(F)c1)COC. The minimum absolute atomic E-state index is 0.207. The van der Waals surface area contributed by atoms with Crippen molar-refractivity contribution in [1.29, 1.82) is 0 Å². The van der Waals surface area contributed by atoms with Crippen molar-refractivity contribution in [3.8, 4) is 0 Å². The number of aryl methyl sites for hydroxylation is 1. The number of nitrogens with zero attached hydrogens (tertiary/aromatic N) is 1. The normalized spacial score (nSPS) is 12.3. The highest BCUT2D eigenvalue weighted by atomic mass is 19.1. The van der Waals surface area contributed by atoms with Crippen molar-refractivity contribution in [2.75, 3.05) is 20.3 Å². The Hall–Kier alpha value is -1.53. The fourth-order valence-electron chi connectivity index (χ4n) is 1.99. The number of hydrogen-bond acceptors (Lipinski definition) is 4. The second kappa shape index (κ2) is 8.60. The number of nitrogens with one attached hydrogen (secondary N) is 1. The zero-order chi connectivity index (χ0) is 15.0. The summed E-state index contributed by atoms with van der Waals surface area (Å²) in [6.07, 6.45) is 2.48. The Bertz CT molecular complexity index is 440. The molecule has 0 aliphatic heterocycles. The molecule has 0 heterocycles. The molecule has 0 saturated heterocycles. The third-order valence-electron chi connectivity index (χ3n) is 3.04. The van der Waals surface area contributed by atoms with E-state index < -0.39 is 16.4 Å². The molecule has 0 aliphatic carbocycles. The first kappa shape index (κ1) is 16.5. The van der Waals surface area contributed by atoms with Gasteiger partial charge in [-0.05, 0) is 37.4 Å². The van der Waals surface area contributed by atoms with Gasteiger partial charge in [0.15, 0.2) is 0 Å². The molecule has 0 aromatic heterocycles. The van der Waals surface area contributed by atoms with E-state index in [0.717, 1.165) is 24.9 Å². The van der Waals surface area contributed by atoms with E-state index in [4.69, 9.17) is 4.74 Å². The highest BCUT2D eigenvalue weighted by Crippen LogP contribution is 2.19. The van der Waals surface area contributed by atoms with E-state index >= 15 is 0 Å². The number of nitro groups is 1. The minimum Gasteiger partial charge on any atom is -0.383 e. The average molecular weight is 284 g/mol. The number of ether oxygens (including phenoxy) is 1. The van der Waals surface area contributed by atoms with Crippen molar-refractivity contribution < 1.29 is 14.1 Å². The van der Waals surface area contributed by atoms with Crippen LogP contribution in [0.15, 0.2) is 18.2 Å².